The summed E-state index contributed by atoms with van der Waals surface area (Å²) in [5, 5.41) is 9.28. The molecule has 0 saturated heterocycles. The number of methoxy groups -OCH3 is 2. The zero-order valence-electron chi connectivity index (χ0n) is 13.5. The standard InChI is InChI=1S/C20H17NO3/c1-23-18-12-5-3-8-15(18)9-7-10-16(14-21)20(22)17-11-4-6-13-19(17)24-2/h3-13H,1-2H3/b9-7+,16-10+. The number of carbonyl (C=O) groups is 1. The molecular formula is C20H17NO3. The Labute approximate surface area is 141 Å². The fourth-order valence-electron chi connectivity index (χ4n) is 2.19. The van der Waals surface area contributed by atoms with Crippen molar-refractivity contribution < 1.29 is 14.3 Å². The van der Waals surface area contributed by atoms with E-state index in [2.05, 4.69) is 0 Å². The highest BCUT2D eigenvalue weighted by molar-refractivity contribution is 6.13. The lowest BCUT2D eigenvalue weighted by molar-refractivity contribution is 0.103. The lowest BCUT2D eigenvalue weighted by atomic mass is 10.0. The van der Waals surface area contributed by atoms with Crippen molar-refractivity contribution in [3.63, 3.8) is 0 Å². The largest absolute Gasteiger partial charge is 0.496 e. The summed E-state index contributed by atoms with van der Waals surface area (Å²) >= 11 is 0. The van der Waals surface area contributed by atoms with E-state index in [9.17, 15) is 10.1 Å². The summed E-state index contributed by atoms with van der Waals surface area (Å²) < 4.78 is 10.4. The van der Waals surface area contributed by atoms with Crippen LogP contribution in [0.15, 0.2) is 66.3 Å². The van der Waals surface area contributed by atoms with Gasteiger partial charge in [-0.25, -0.2) is 0 Å². The lowest BCUT2D eigenvalue weighted by Gasteiger charge is -2.06. The van der Waals surface area contributed by atoms with Crippen LogP contribution in [0, 0.1) is 11.3 Å². The van der Waals surface area contributed by atoms with Crippen LogP contribution in [0.2, 0.25) is 0 Å². The first-order valence-electron chi connectivity index (χ1n) is 7.30. The minimum Gasteiger partial charge on any atom is -0.496 e. The molecule has 0 unspecified atom stereocenters. The van der Waals surface area contributed by atoms with Crippen LogP contribution in [0.5, 0.6) is 11.5 Å². The Bertz CT molecular complexity index is 829. The van der Waals surface area contributed by atoms with Gasteiger partial charge < -0.3 is 9.47 Å². The number of Topliss-reactive ketones (excluding diaryl/α,β-unsaturated/α-hetero) is 1. The summed E-state index contributed by atoms with van der Waals surface area (Å²) in [4.78, 5) is 12.5. The van der Waals surface area contributed by atoms with Crippen LogP contribution in [0.3, 0.4) is 0 Å². The Morgan fingerprint density at radius 2 is 1.62 bits per heavy atom. The molecule has 4 heteroatoms. The third-order valence-electron chi connectivity index (χ3n) is 3.39. The van der Waals surface area contributed by atoms with Crippen molar-refractivity contribution in [2.45, 2.75) is 0 Å². The number of benzene rings is 2. The van der Waals surface area contributed by atoms with Crippen molar-refractivity contribution in [1.82, 2.24) is 0 Å². The smallest absolute Gasteiger partial charge is 0.207 e. The van der Waals surface area contributed by atoms with Crippen LogP contribution in [-0.4, -0.2) is 20.0 Å². The third-order valence-corrected chi connectivity index (χ3v) is 3.39. The van der Waals surface area contributed by atoms with Crippen molar-refractivity contribution in [3.05, 3.63) is 77.4 Å². The highest BCUT2D eigenvalue weighted by Gasteiger charge is 2.15. The molecule has 0 amide bonds. The van der Waals surface area contributed by atoms with E-state index in [0.29, 0.717) is 11.3 Å². The fourth-order valence-corrected chi connectivity index (χ4v) is 2.19. The van der Waals surface area contributed by atoms with E-state index in [1.165, 1.54) is 13.2 Å². The average Bonchev–Trinajstić information content (AvgIpc) is 2.65. The monoisotopic (exact) mass is 319 g/mol. The highest BCUT2D eigenvalue weighted by Crippen LogP contribution is 2.21. The van der Waals surface area contributed by atoms with Gasteiger partial charge in [-0.1, -0.05) is 42.5 Å². The van der Waals surface area contributed by atoms with Gasteiger partial charge in [0.1, 0.15) is 23.1 Å². The molecule has 0 atom stereocenters. The predicted molar refractivity (Wildman–Crippen MR) is 93.0 cm³/mol. The van der Waals surface area contributed by atoms with Crippen LogP contribution in [-0.2, 0) is 0 Å². The van der Waals surface area contributed by atoms with Crippen LogP contribution >= 0.6 is 0 Å². The predicted octanol–water partition coefficient (Wildman–Crippen LogP) is 4.05. The Morgan fingerprint density at radius 1 is 1.00 bits per heavy atom. The van der Waals surface area contributed by atoms with Gasteiger partial charge in [0, 0.05) is 5.56 Å². The van der Waals surface area contributed by atoms with Gasteiger partial charge in [0.05, 0.1) is 19.8 Å². The Balaban J connectivity index is 2.28. The first-order valence-corrected chi connectivity index (χ1v) is 7.30. The van der Waals surface area contributed by atoms with Crippen LogP contribution in [0.4, 0.5) is 0 Å². The molecule has 0 spiro atoms. The molecule has 2 aromatic rings. The normalized spacial score (nSPS) is 11.1. The number of nitriles is 1. The Morgan fingerprint density at radius 3 is 2.29 bits per heavy atom. The third kappa shape index (κ3) is 3.90. The minimum atomic E-state index is -0.375. The summed E-state index contributed by atoms with van der Waals surface area (Å²) in [6, 6.07) is 16.3. The van der Waals surface area contributed by atoms with E-state index in [1.807, 2.05) is 30.3 Å². The molecule has 2 rings (SSSR count). The second kappa shape index (κ2) is 8.35. The maximum Gasteiger partial charge on any atom is 0.207 e. The van der Waals surface area contributed by atoms with E-state index in [0.717, 1.165) is 11.3 Å². The van der Waals surface area contributed by atoms with E-state index in [1.54, 1.807) is 43.5 Å². The zero-order chi connectivity index (χ0) is 17.4. The molecule has 0 aliphatic heterocycles. The van der Waals surface area contributed by atoms with E-state index >= 15 is 0 Å². The van der Waals surface area contributed by atoms with Crippen molar-refractivity contribution >= 4 is 11.9 Å². The first kappa shape index (κ1) is 17.0. The van der Waals surface area contributed by atoms with Gasteiger partial charge in [-0.2, -0.15) is 5.26 Å². The maximum absolute atomic E-state index is 12.5. The molecule has 0 aliphatic carbocycles. The molecule has 4 nitrogen and oxygen atoms in total. The number of hydrogen-bond donors (Lipinski definition) is 0. The topological polar surface area (TPSA) is 59.3 Å². The molecule has 0 fully saturated rings. The van der Waals surface area contributed by atoms with Gasteiger partial charge in [0.2, 0.25) is 5.78 Å². The Kier molecular flexibility index (Phi) is 5.93. The molecule has 0 saturated carbocycles. The minimum absolute atomic E-state index is 0.0330. The van der Waals surface area contributed by atoms with E-state index < -0.39 is 0 Å². The lowest BCUT2D eigenvalue weighted by Crippen LogP contribution is -2.04. The van der Waals surface area contributed by atoms with Gasteiger partial charge in [0.25, 0.3) is 0 Å². The van der Waals surface area contributed by atoms with Crippen LogP contribution < -0.4 is 9.47 Å². The molecule has 0 aliphatic rings. The number of carbonyl (C=O) groups excluding carboxylic acids is 1. The molecule has 24 heavy (non-hydrogen) atoms. The van der Waals surface area contributed by atoms with Gasteiger partial charge in [-0.05, 0) is 24.3 Å². The van der Waals surface area contributed by atoms with E-state index in [-0.39, 0.29) is 11.4 Å². The van der Waals surface area contributed by atoms with E-state index in [4.69, 9.17) is 9.47 Å². The summed E-state index contributed by atoms with van der Waals surface area (Å²) in [5.74, 6) is 0.786. The fraction of sp³-hybridized carbons (Fsp3) is 0.100. The number of rotatable bonds is 6. The van der Waals surface area contributed by atoms with Gasteiger partial charge in [-0.15, -0.1) is 0 Å². The average molecular weight is 319 g/mol. The zero-order valence-corrected chi connectivity index (χ0v) is 13.5. The number of para-hydroxylation sites is 2. The summed E-state index contributed by atoms with van der Waals surface area (Å²) in [6.07, 6.45) is 4.93. The molecular weight excluding hydrogens is 302 g/mol. The number of ether oxygens (including phenoxy) is 2. The molecule has 0 N–H and O–H groups in total. The second-order valence-corrected chi connectivity index (χ2v) is 4.82. The number of allylic oxidation sites excluding steroid dienone is 3. The quantitative estimate of drug-likeness (QED) is 0.349. The molecule has 0 bridgehead atoms. The highest BCUT2D eigenvalue weighted by atomic mass is 16.5. The van der Waals surface area contributed by atoms with Gasteiger partial charge in [0.15, 0.2) is 0 Å². The summed E-state index contributed by atoms with van der Waals surface area (Å²) in [7, 11) is 3.08. The molecule has 0 radical (unpaired) electrons. The van der Waals surface area contributed by atoms with Crippen molar-refractivity contribution in [2.24, 2.45) is 0 Å². The van der Waals surface area contributed by atoms with Gasteiger partial charge >= 0.3 is 0 Å². The number of ketones is 1. The van der Waals surface area contributed by atoms with Gasteiger partial charge in [-0.3, -0.25) is 4.79 Å². The first-order chi connectivity index (χ1) is 11.7. The van der Waals surface area contributed by atoms with Crippen LogP contribution in [0.1, 0.15) is 15.9 Å². The molecule has 120 valence electrons. The van der Waals surface area contributed by atoms with Crippen molar-refractivity contribution in [1.29, 1.82) is 5.26 Å². The molecule has 2 aromatic carbocycles. The maximum atomic E-state index is 12.5. The molecule has 0 aromatic heterocycles. The van der Waals surface area contributed by atoms with Crippen molar-refractivity contribution in [3.8, 4) is 17.6 Å². The summed E-state index contributed by atoms with van der Waals surface area (Å²) in [6.45, 7) is 0. The Hall–Kier alpha value is -3.32. The number of hydrogen-bond acceptors (Lipinski definition) is 4. The number of nitrogens with zero attached hydrogens (tertiary/aromatic N) is 1. The SMILES string of the molecule is COc1ccccc1/C=C/C=C(\C#N)C(=O)c1ccccc1OC. The second-order valence-electron chi connectivity index (χ2n) is 4.82. The van der Waals surface area contributed by atoms with Crippen LogP contribution in [0.25, 0.3) is 6.08 Å². The summed E-state index contributed by atoms with van der Waals surface area (Å²) in [5.41, 5.74) is 1.25. The van der Waals surface area contributed by atoms with Crippen molar-refractivity contribution in [2.75, 3.05) is 14.2 Å². The molecule has 0 heterocycles.